The number of ether oxygens (including phenoxy) is 1. The van der Waals surface area contributed by atoms with E-state index in [9.17, 15) is 5.11 Å². The second-order valence-electron chi connectivity index (χ2n) is 7.95. The fourth-order valence-electron chi connectivity index (χ4n) is 3.64. The molecule has 0 amide bonds. The zero-order chi connectivity index (χ0) is 22.3. The smallest absolute Gasteiger partial charge is 0.191 e. The second kappa shape index (κ2) is 11.0. The van der Waals surface area contributed by atoms with Crippen LogP contribution in [0, 0.1) is 6.92 Å². The molecule has 1 fully saturated rings. The molecule has 1 aliphatic heterocycles. The predicted molar refractivity (Wildman–Crippen MR) is 124 cm³/mol. The molecular weight excluding hydrogens is 416 g/mol. The van der Waals surface area contributed by atoms with Crippen molar-refractivity contribution in [2.24, 2.45) is 4.99 Å². The molecule has 2 heterocycles. The number of aliphatic hydroxyl groups is 1. The number of nitrogens with one attached hydrogen (secondary N) is 2. The third-order valence-corrected chi connectivity index (χ3v) is 5.72. The molecular formula is C23H33ClN4O3. The number of guanidine groups is 1. The third-order valence-electron chi connectivity index (χ3n) is 5.37. The van der Waals surface area contributed by atoms with Crippen molar-refractivity contribution in [2.45, 2.75) is 32.4 Å². The standard InChI is InChI=1S/C23H33ClN4O3/c1-4-25-22(27-16-23(3,29)21-10-9-17(2)31-21)26-15-20(28-11-13-30-14-12-28)18-7-5-6-8-19(18)24/h5-10,20,29H,4,11-16H2,1-3H3,(H2,25,26,27). The maximum absolute atomic E-state index is 10.8. The average Bonchev–Trinajstić information content (AvgIpc) is 3.21. The van der Waals surface area contributed by atoms with E-state index in [1.54, 1.807) is 13.0 Å². The van der Waals surface area contributed by atoms with Crippen LogP contribution in [0.1, 0.15) is 37.0 Å². The number of morpholine rings is 1. The van der Waals surface area contributed by atoms with Crippen molar-refractivity contribution in [1.82, 2.24) is 15.5 Å². The zero-order valence-corrected chi connectivity index (χ0v) is 19.3. The van der Waals surface area contributed by atoms with Gasteiger partial charge in [0.1, 0.15) is 17.1 Å². The number of aliphatic imine (C=N–C) groups is 1. The molecule has 3 N–H and O–H groups in total. The summed E-state index contributed by atoms with van der Waals surface area (Å²) in [6.07, 6.45) is 0. The first-order chi connectivity index (χ1) is 14.9. The van der Waals surface area contributed by atoms with Gasteiger partial charge < -0.3 is 24.9 Å². The summed E-state index contributed by atoms with van der Waals surface area (Å²) in [6.45, 7) is 10.2. The van der Waals surface area contributed by atoms with Crippen LogP contribution in [-0.4, -0.2) is 61.9 Å². The molecule has 170 valence electrons. The SMILES string of the molecule is CCNC(=NCC(C)(O)c1ccc(C)o1)NCC(c1ccccc1Cl)N1CCOCC1. The number of rotatable bonds is 8. The number of aryl methyl sites for hydroxylation is 1. The van der Waals surface area contributed by atoms with Crippen LogP contribution in [0.3, 0.4) is 0 Å². The van der Waals surface area contributed by atoms with Gasteiger partial charge in [0.05, 0.1) is 25.8 Å². The second-order valence-corrected chi connectivity index (χ2v) is 8.35. The Morgan fingerprint density at radius 2 is 1.97 bits per heavy atom. The molecule has 8 heteroatoms. The minimum absolute atomic E-state index is 0.0784. The van der Waals surface area contributed by atoms with Gasteiger partial charge in [0.15, 0.2) is 5.96 Å². The normalized spacial score (nSPS) is 18.4. The molecule has 2 aromatic rings. The van der Waals surface area contributed by atoms with Crippen LogP contribution in [0.25, 0.3) is 0 Å². The fraction of sp³-hybridized carbons (Fsp3) is 0.522. The van der Waals surface area contributed by atoms with E-state index in [2.05, 4.69) is 26.6 Å². The molecule has 7 nitrogen and oxygen atoms in total. The van der Waals surface area contributed by atoms with Crippen LogP contribution < -0.4 is 10.6 Å². The summed E-state index contributed by atoms with van der Waals surface area (Å²) in [4.78, 5) is 6.99. The molecule has 1 aromatic carbocycles. The molecule has 31 heavy (non-hydrogen) atoms. The summed E-state index contributed by atoms with van der Waals surface area (Å²) in [5.74, 6) is 1.90. The number of furan rings is 1. The molecule has 0 spiro atoms. The average molecular weight is 449 g/mol. The highest BCUT2D eigenvalue weighted by Gasteiger charge is 2.27. The number of benzene rings is 1. The van der Waals surface area contributed by atoms with Crippen LogP contribution in [0.15, 0.2) is 45.8 Å². The summed E-state index contributed by atoms with van der Waals surface area (Å²) in [6, 6.07) is 11.7. The Morgan fingerprint density at radius 1 is 1.23 bits per heavy atom. The summed E-state index contributed by atoms with van der Waals surface area (Å²) in [5, 5.41) is 18.3. The Bertz CT molecular complexity index is 862. The van der Waals surface area contributed by atoms with E-state index in [1.807, 2.05) is 38.1 Å². The molecule has 0 aliphatic carbocycles. The lowest BCUT2D eigenvalue weighted by atomic mass is 10.0. The first-order valence-electron chi connectivity index (χ1n) is 10.8. The maximum atomic E-state index is 10.8. The Hall–Kier alpha value is -2.06. The zero-order valence-electron chi connectivity index (χ0n) is 18.5. The topological polar surface area (TPSA) is 82.3 Å². The summed E-state index contributed by atoms with van der Waals surface area (Å²) in [5.41, 5.74) is -0.115. The van der Waals surface area contributed by atoms with Gasteiger partial charge in [0.25, 0.3) is 0 Å². The molecule has 0 radical (unpaired) electrons. The van der Waals surface area contributed by atoms with E-state index in [1.165, 1.54) is 0 Å². The van der Waals surface area contributed by atoms with Crippen molar-refractivity contribution in [1.29, 1.82) is 0 Å². The van der Waals surface area contributed by atoms with E-state index in [0.29, 0.717) is 38.0 Å². The van der Waals surface area contributed by atoms with Crippen LogP contribution in [0.2, 0.25) is 5.02 Å². The molecule has 3 rings (SSSR count). The van der Waals surface area contributed by atoms with E-state index >= 15 is 0 Å². The maximum Gasteiger partial charge on any atom is 0.191 e. The number of hydrogen-bond acceptors (Lipinski definition) is 5. The highest BCUT2D eigenvalue weighted by molar-refractivity contribution is 6.31. The Morgan fingerprint density at radius 3 is 2.61 bits per heavy atom. The van der Waals surface area contributed by atoms with Gasteiger partial charge in [-0.3, -0.25) is 4.90 Å². The molecule has 1 aliphatic rings. The minimum atomic E-state index is -1.19. The van der Waals surface area contributed by atoms with Crippen molar-refractivity contribution in [3.05, 3.63) is 58.5 Å². The molecule has 0 bridgehead atoms. The lowest BCUT2D eigenvalue weighted by Crippen LogP contribution is -2.46. The van der Waals surface area contributed by atoms with Gasteiger partial charge in [-0.1, -0.05) is 29.8 Å². The molecule has 1 saturated heterocycles. The molecule has 2 atom stereocenters. The Kier molecular flexibility index (Phi) is 8.37. The van der Waals surface area contributed by atoms with Gasteiger partial charge in [-0.05, 0) is 44.5 Å². The molecule has 2 unspecified atom stereocenters. The largest absolute Gasteiger partial charge is 0.463 e. The summed E-state index contributed by atoms with van der Waals surface area (Å²) < 4.78 is 11.1. The van der Waals surface area contributed by atoms with E-state index in [-0.39, 0.29) is 12.6 Å². The van der Waals surface area contributed by atoms with Gasteiger partial charge >= 0.3 is 0 Å². The van der Waals surface area contributed by atoms with E-state index in [4.69, 9.17) is 20.8 Å². The summed E-state index contributed by atoms with van der Waals surface area (Å²) in [7, 11) is 0. The van der Waals surface area contributed by atoms with Crippen molar-refractivity contribution in [3.63, 3.8) is 0 Å². The Balaban J connectivity index is 1.73. The quantitative estimate of drug-likeness (QED) is 0.425. The highest BCUT2D eigenvalue weighted by atomic mass is 35.5. The van der Waals surface area contributed by atoms with Crippen molar-refractivity contribution < 1.29 is 14.3 Å². The Labute approximate surface area is 189 Å². The number of nitrogens with zero attached hydrogens (tertiary/aromatic N) is 2. The first-order valence-corrected chi connectivity index (χ1v) is 11.2. The van der Waals surface area contributed by atoms with Crippen molar-refractivity contribution in [3.8, 4) is 0 Å². The van der Waals surface area contributed by atoms with Crippen LogP contribution >= 0.6 is 11.6 Å². The molecule has 1 aromatic heterocycles. The van der Waals surface area contributed by atoms with Gasteiger partial charge in [0.2, 0.25) is 0 Å². The van der Waals surface area contributed by atoms with Gasteiger partial charge in [-0.15, -0.1) is 0 Å². The lowest BCUT2D eigenvalue weighted by molar-refractivity contribution is 0.0169. The third kappa shape index (κ3) is 6.46. The van der Waals surface area contributed by atoms with Gasteiger partial charge in [0, 0.05) is 31.2 Å². The first kappa shape index (κ1) is 23.6. The summed E-state index contributed by atoms with van der Waals surface area (Å²) >= 11 is 6.53. The fourth-order valence-corrected chi connectivity index (χ4v) is 3.90. The van der Waals surface area contributed by atoms with Gasteiger partial charge in [-0.25, -0.2) is 4.99 Å². The van der Waals surface area contributed by atoms with Crippen LogP contribution in [0.4, 0.5) is 0 Å². The van der Waals surface area contributed by atoms with E-state index in [0.717, 1.165) is 29.4 Å². The lowest BCUT2D eigenvalue weighted by Gasteiger charge is -2.35. The number of hydrogen-bond donors (Lipinski definition) is 3. The predicted octanol–water partition coefficient (Wildman–Crippen LogP) is 3.08. The highest BCUT2D eigenvalue weighted by Crippen LogP contribution is 2.28. The monoisotopic (exact) mass is 448 g/mol. The minimum Gasteiger partial charge on any atom is -0.463 e. The van der Waals surface area contributed by atoms with Crippen LogP contribution in [-0.2, 0) is 10.3 Å². The van der Waals surface area contributed by atoms with Gasteiger partial charge in [-0.2, -0.15) is 0 Å². The number of halogens is 1. The van der Waals surface area contributed by atoms with Crippen molar-refractivity contribution >= 4 is 17.6 Å². The molecule has 0 saturated carbocycles. The van der Waals surface area contributed by atoms with E-state index < -0.39 is 5.60 Å². The van der Waals surface area contributed by atoms with Crippen LogP contribution in [0.5, 0.6) is 0 Å². The van der Waals surface area contributed by atoms with Crippen molar-refractivity contribution in [2.75, 3.05) is 45.9 Å².